The molecule has 35 heavy (non-hydrogen) atoms. The summed E-state index contributed by atoms with van der Waals surface area (Å²) in [4.78, 5) is 26.0. The van der Waals surface area contributed by atoms with Crippen LogP contribution in [0.25, 0.3) is 17.8 Å². The van der Waals surface area contributed by atoms with Crippen LogP contribution < -0.4 is 5.01 Å². The molecular formula is C29H28N4O2. The van der Waals surface area contributed by atoms with Crippen molar-refractivity contribution < 1.29 is 9.59 Å². The smallest absolute Gasteiger partial charge is 0.169 e. The van der Waals surface area contributed by atoms with Gasteiger partial charge in [0.1, 0.15) is 0 Å². The lowest BCUT2D eigenvalue weighted by molar-refractivity contribution is -0.129. The van der Waals surface area contributed by atoms with E-state index in [1.807, 2.05) is 73.8 Å². The predicted octanol–water partition coefficient (Wildman–Crippen LogP) is 5.86. The quantitative estimate of drug-likeness (QED) is 0.181. The average molecular weight is 465 g/mol. The number of anilines is 1. The molecule has 0 N–H and O–H groups in total. The Morgan fingerprint density at radius 1 is 1.14 bits per heavy atom. The van der Waals surface area contributed by atoms with E-state index >= 15 is 0 Å². The average Bonchev–Trinajstić information content (AvgIpc) is 3.43. The van der Waals surface area contributed by atoms with E-state index in [1.54, 1.807) is 34.4 Å². The van der Waals surface area contributed by atoms with E-state index in [1.165, 1.54) is 6.08 Å². The van der Waals surface area contributed by atoms with Crippen LogP contribution in [-0.4, -0.2) is 27.6 Å². The van der Waals surface area contributed by atoms with Gasteiger partial charge in [0.05, 0.1) is 17.3 Å². The number of nitrogens with zero attached hydrogens (tertiary/aromatic N) is 4. The number of allylic oxidation sites excluding steroid dienone is 2. The van der Waals surface area contributed by atoms with Gasteiger partial charge in [-0.15, -0.1) is 0 Å². The zero-order chi connectivity index (χ0) is 24.6. The number of carbonyl (C=O) groups is 2. The van der Waals surface area contributed by atoms with Crippen molar-refractivity contribution in [1.29, 1.82) is 0 Å². The molecule has 1 aromatic heterocycles. The van der Waals surface area contributed by atoms with Gasteiger partial charge in [0, 0.05) is 24.8 Å². The number of aromatic nitrogens is 2. The molecule has 0 saturated heterocycles. The summed E-state index contributed by atoms with van der Waals surface area (Å²) in [6.07, 6.45) is 14.2. The second kappa shape index (κ2) is 11.2. The van der Waals surface area contributed by atoms with Crippen LogP contribution in [0.2, 0.25) is 0 Å². The summed E-state index contributed by atoms with van der Waals surface area (Å²) in [6, 6.07) is 17.3. The van der Waals surface area contributed by atoms with Crippen LogP contribution in [0.4, 0.5) is 5.69 Å². The van der Waals surface area contributed by atoms with Crippen LogP contribution in [0.5, 0.6) is 0 Å². The monoisotopic (exact) mass is 464 g/mol. The number of benzene rings is 2. The third kappa shape index (κ3) is 5.79. The number of Topliss-reactive ketones (excluding diaryl/α,β-unsaturated/α-hetero) is 1. The van der Waals surface area contributed by atoms with E-state index in [4.69, 9.17) is 0 Å². The number of rotatable bonds is 8. The minimum absolute atomic E-state index is 0.0727. The molecule has 1 aliphatic rings. The summed E-state index contributed by atoms with van der Waals surface area (Å²) in [5.74, 6) is -0.845. The SMILES string of the molecule is C=CN(/N=C\C)c1ccc(/C=C/C(=O)C2CCC/C(=C\c3ccc(-n4cccn4)cc3)C2=O)cc1. The van der Waals surface area contributed by atoms with Crippen molar-refractivity contribution in [3.63, 3.8) is 0 Å². The second-order valence-electron chi connectivity index (χ2n) is 8.25. The Kier molecular flexibility index (Phi) is 7.63. The summed E-state index contributed by atoms with van der Waals surface area (Å²) < 4.78 is 1.78. The Bertz CT molecular complexity index is 1270. The molecule has 1 atom stereocenters. The molecule has 1 saturated carbocycles. The molecule has 0 bridgehead atoms. The normalized spacial score (nSPS) is 17.3. The van der Waals surface area contributed by atoms with Gasteiger partial charge in [-0.2, -0.15) is 10.2 Å². The molecule has 0 spiro atoms. The largest absolute Gasteiger partial charge is 0.294 e. The molecule has 1 aliphatic carbocycles. The molecule has 0 amide bonds. The Morgan fingerprint density at radius 2 is 1.89 bits per heavy atom. The lowest BCUT2D eigenvalue weighted by Crippen LogP contribution is -2.27. The topological polar surface area (TPSA) is 67.6 Å². The fourth-order valence-electron chi connectivity index (χ4n) is 4.11. The lowest BCUT2D eigenvalue weighted by atomic mass is 9.81. The first-order valence-electron chi connectivity index (χ1n) is 11.7. The van der Waals surface area contributed by atoms with E-state index in [0.717, 1.165) is 28.9 Å². The first kappa shape index (κ1) is 23.8. The number of carbonyl (C=O) groups excluding carboxylic acids is 2. The van der Waals surface area contributed by atoms with Crippen molar-refractivity contribution >= 4 is 35.6 Å². The highest BCUT2D eigenvalue weighted by Gasteiger charge is 2.30. The Balaban J connectivity index is 1.42. The molecular weight excluding hydrogens is 436 g/mol. The maximum absolute atomic E-state index is 13.1. The van der Waals surface area contributed by atoms with Gasteiger partial charge in [-0.3, -0.25) is 9.59 Å². The molecule has 6 nitrogen and oxygen atoms in total. The van der Waals surface area contributed by atoms with Gasteiger partial charge in [-0.05, 0) is 85.4 Å². The molecule has 1 unspecified atom stereocenters. The second-order valence-corrected chi connectivity index (χ2v) is 8.25. The summed E-state index contributed by atoms with van der Waals surface area (Å²) >= 11 is 0. The van der Waals surface area contributed by atoms with Crippen LogP contribution in [-0.2, 0) is 9.59 Å². The Hall–Kier alpha value is -4.32. The molecule has 1 heterocycles. The summed E-state index contributed by atoms with van der Waals surface area (Å²) in [6.45, 7) is 5.60. The zero-order valence-electron chi connectivity index (χ0n) is 19.7. The predicted molar refractivity (Wildman–Crippen MR) is 141 cm³/mol. The molecule has 3 aromatic rings. The highest BCUT2D eigenvalue weighted by Crippen LogP contribution is 2.28. The molecule has 4 rings (SSSR count). The van der Waals surface area contributed by atoms with Gasteiger partial charge in [0.25, 0.3) is 0 Å². The van der Waals surface area contributed by atoms with Gasteiger partial charge in [0.2, 0.25) is 0 Å². The van der Waals surface area contributed by atoms with Gasteiger partial charge < -0.3 is 0 Å². The standard InChI is InChI=1S/C29H28N4O2/c1-3-30-32(4-2)25-14-9-22(10-15-25)13-18-28(34)27-8-5-7-24(29(27)35)21-23-11-16-26(17-12-23)33-20-6-19-31-33/h3-4,6,9-21,27H,2,5,7-8H2,1H3/b18-13+,24-21+,30-3-. The van der Waals surface area contributed by atoms with E-state index < -0.39 is 5.92 Å². The first-order chi connectivity index (χ1) is 17.1. The Labute approximate surface area is 205 Å². The van der Waals surface area contributed by atoms with Crippen molar-refractivity contribution in [2.24, 2.45) is 11.0 Å². The van der Waals surface area contributed by atoms with Gasteiger partial charge in [-0.1, -0.05) is 36.9 Å². The van der Waals surface area contributed by atoms with E-state index in [9.17, 15) is 9.59 Å². The van der Waals surface area contributed by atoms with Crippen molar-refractivity contribution in [1.82, 2.24) is 9.78 Å². The summed E-state index contributed by atoms with van der Waals surface area (Å²) in [5, 5.41) is 10.1. The minimum atomic E-state index is -0.621. The Morgan fingerprint density at radius 3 is 2.54 bits per heavy atom. The number of hydrogen-bond donors (Lipinski definition) is 0. The zero-order valence-corrected chi connectivity index (χ0v) is 19.7. The fourth-order valence-corrected chi connectivity index (χ4v) is 4.11. The minimum Gasteiger partial charge on any atom is -0.294 e. The van der Waals surface area contributed by atoms with Gasteiger partial charge >= 0.3 is 0 Å². The lowest BCUT2D eigenvalue weighted by Gasteiger charge is -2.21. The molecule has 6 heteroatoms. The molecule has 1 fully saturated rings. The highest BCUT2D eigenvalue weighted by molar-refractivity contribution is 6.16. The highest BCUT2D eigenvalue weighted by atomic mass is 16.1. The van der Waals surface area contributed by atoms with Crippen molar-refractivity contribution in [3.05, 3.63) is 103 Å². The van der Waals surface area contributed by atoms with E-state index in [0.29, 0.717) is 18.4 Å². The molecule has 0 radical (unpaired) electrons. The summed E-state index contributed by atoms with van der Waals surface area (Å²) in [7, 11) is 0. The van der Waals surface area contributed by atoms with Gasteiger partial charge in [-0.25, -0.2) is 9.69 Å². The van der Waals surface area contributed by atoms with Crippen LogP contribution in [0.3, 0.4) is 0 Å². The van der Waals surface area contributed by atoms with Crippen molar-refractivity contribution in [2.75, 3.05) is 5.01 Å². The number of hydrogen-bond acceptors (Lipinski definition) is 5. The maximum Gasteiger partial charge on any atom is 0.169 e. The van der Waals surface area contributed by atoms with E-state index in [2.05, 4.69) is 16.8 Å². The van der Waals surface area contributed by atoms with Gasteiger partial charge in [0.15, 0.2) is 11.6 Å². The third-order valence-corrected chi connectivity index (χ3v) is 5.93. The van der Waals surface area contributed by atoms with Crippen LogP contribution in [0.1, 0.15) is 37.3 Å². The van der Waals surface area contributed by atoms with Crippen molar-refractivity contribution in [3.8, 4) is 5.69 Å². The maximum atomic E-state index is 13.1. The third-order valence-electron chi connectivity index (χ3n) is 5.93. The first-order valence-corrected chi connectivity index (χ1v) is 11.7. The number of ketones is 2. The van der Waals surface area contributed by atoms with Crippen LogP contribution in [0, 0.1) is 5.92 Å². The molecule has 2 aromatic carbocycles. The van der Waals surface area contributed by atoms with E-state index in [-0.39, 0.29) is 11.6 Å². The van der Waals surface area contributed by atoms with Crippen LogP contribution >= 0.6 is 0 Å². The molecule has 176 valence electrons. The fraction of sp³-hybridized carbons (Fsp3) is 0.172. The number of hydrazone groups is 1. The molecule has 0 aliphatic heterocycles. The van der Waals surface area contributed by atoms with Crippen LogP contribution in [0.15, 0.2) is 96.5 Å². The summed E-state index contributed by atoms with van der Waals surface area (Å²) in [5.41, 5.74) is 4.35. The van der Waals surface area contributed by atoms with Crippen molar-refractivity contribution in [2.45, 2.75) is 26.2 Å².